The van der Waals surface area contributed by atoms with Gasteiger partial charge in [-0.15, -0.1) is 11.3 Å². The van der Waals surface area contributed by atoms with Crippen molar-refractivity contribution in [3.63, 3.8) is 0 Å². The summed E-state index contributed by atoms with van der Waals surface area (Å²) in [6.07, 6.45) is 5.49. The van der Waals surface area contributed by atoms with Gasteiger partial charge in [0.2, 0.25) is 0 Å². The number of piperidine rings is 1. The summed E-state index contributed by atoms with van der Waals surface area (Å²) in [6.45, 7) is 5.05. The third-order valence-corrected chi connectivity index (χ3v) is 5.75. The number of aromatic nitrogens is 4. The summed E-state index contributed by atoms with van der Waals surface area (Å²) in [5, 5.41) is 4.36. The molecule has 0 radical (unpaired) electrons. The van der Waals surface area contributed by atoms with Gasteiger partial charge in [-0.3, -0.25) is 9.69 Å². The molecule has 0 unspecified atom stereocenters. The van der Waals surface area contributed by atoms with E-state index in [4.69, 9.17) is 5.73 Å². The molecule has 0 spiro atoms. The summed E-state index contributed by atoms with van der Waals surface area (Å²) in [4.78, 5) is 24.0. The van der Waals surface area contributed by atoms with Gasteiger partial charge in [0, 0.05) is 30.1 Å². The number of thiazole rings is 1. The Bertz CT molecular complexity index is 917. The van der Waals surface area contributed by atoms with E-state index in [1.54, 1.807) is 22.0 Å². The van der Waals surface area contributed by atoms with Crippen LogP contribution in [-0.4, -0.2) is 43.5 Å². The maximum Gasteiger partial charge on any atom is 0.254 e. The molecule has 1 amide bonds. The van der Waals surface area contributed by atoms with Crippen molar-refractivity contribution in [3.8, 4) is 0 Å². The number of nitrogens with zero attached hydrogens (tertiary/aromatic N) is 5. The van der Waals surface area contributed by atoms with Crippen LogP contribution in [0.25, 0.3) is 5.65 Å². The first kappa shape index (κ1) is 16.2. The molecule has 25 heavy (non-hydrogen) atoms. The van der Waals surface area contributed by atoms with E-state index < -0.39 is 5.91 Å². The molecule has 4 heterocycles. The van der Waals surface area contributed by atoms with Crippen LogP contribution in [0.5, 0.6) is 0 Å². The Hall–Kier alpha value is -2.32. The first-order valence-electron chi connectivity index (χ1n) is 8.37. The lowest BCUT2D eigenvalue weighted by Crippen LogP contribution is -2.34. The van der Waals surface area contributed by atoms with Crippen molar-refractivity contribution in [1.29, 1.82) is 0 Å². The highest BCUT2D eigenvalue weighted by molar-refractivity contribution is 7.09. The van der Waals surface area contributed by atoms with Crippen molar-refractivity contribution in [2.24, 2.45) is 5.73 Å². The van der Waals surface area contributed by atoms with Crippen LogP contribution in [0.15, 0.2) is 24.0 Å². The largest absolute Gasteiger partial charge is 0.365 e. The lowest BCUT2D eigenvalue weighted by Gasteiger charge is -2.32. The fraction of sp³-hybridized carbons (Fsp3) is 0.412. The zero-order valence-electron chi connectivity index (χ0n) is 14.1. The smallest absolute Gasteiger partial charge is 0.254 e. The molecule has 130 valence electrons. The maximum absolute atomic E-state index is 11.5. The predicted molar refractivity (Wildman–Crippen MR) is 95.6 cm³/mol. The number of hydrogen-bond acceptors (Lipinski definition) is 6. The number of rotatable bonds is 4. The number of likely N-dealkylation sites (tertiary alicyclic amines) is 1. The first-order chi connectivity index (χ1) is 12.1. The van der Waals surface area contributed by atoms with Gasteiger partial charge in [-0.2, -0.15) is 5.10 Å². The standard InChI is InChI=1S/C17H20N6OS/c1-11-15(25-10-20-11)9-22-6-2-3-12(8-22)14-4-5-19-17-13(16(18)24)7-21-23(14)17/h4-5,7,10,12H,2-3,6,8-9H2,1H3,(H2,18,24)/t12-/m1/s1. The molecule has 2 N–H and O–H groups in total. The molecular weight excluding hydrogens is 336 g/mol. The predicted octanol–water partition coefficient (Wildman–Crippen LogP) is 1.97. The highest BCUT2D eigenvalue weighted by Crippen LogP contribution is 2.29. The van der Waals surface area contributed by atoms with Crippen LogP contribution in [0, 0.1) is 6.92 Å². The molecular formula is C17H20N6OS. The SMILES string of the molecule is Cc1ncsc1CN1CCC[C@@H](c2ccnc3c(C(N)=O)cnn23)C1. The van der Waals surface area contributed by atoms with Crippen molar-refractivity contribution < 1.29 is 4.79 Å². The van der Waals surface area contributed by atoms with Crippen molar-refractivity contribution in [3.05, 3.63) is 45.8 Å². The normalized spacial score (nSPS) is 18.7. The molecule has 1 fully saturated rings. The van der Waals surface area contributed by atoms with E-state index in [9.17, 15) is 4.79 Å². The number of nitrogens with two attached hydrogens (primary N) is 1. The lowest BCUT2D eigenvalue weighted by atomic mass is 9.94. The Morgan fingerprint density at radius 1 is 1.44 bits per heavy atom. The number of amides is 1. The molecule has 0 aromatic carbocycles. The molecule has 3 aromatic rings. The summed E-state index contributed by atoms with van der Waals surface area (Å²) in [7, 11) is 0. The minimum absolute atomic E-state index is 0.355. The van der Waals surface area contributed by atoms with E-state index in [-0.39, 0.29) is 0 Å². The Balaban J connectivity index is 1.60. The van der Waals surface area contributed by atoms with Crippen molar-refractivity contribution in [2.75, 3.05) is 13.1 Å². The Kier molecular flexibility index (Phi) is 4.22. The van der Waals surface area contributed by atoms with Crippen LogP contribution in [0.3, 0.4) is 0 Å². The second-order valence-corrected chi connectivity index (χ2v) is 7.40. The number of aryl methyl sites for hydroxylation is 1. The number of hydrogen-bond donors (Lipinski definition) is 1. The van der Waals surface area contributed by atoms with Gasteiger partial charge in [-0.25, -0.2) is 14.5 Å². The van der Waals surface area contributed by atoms with Gasteiger partial charge in [-0.1, -0.05) is 0 Å². The monoisotopic (exact) mass is 356 g/mol. The molecule has 8 heteroatoms. The van der Waals surface area contributed by atoms with E-state index in [0.717, 1.165) is 43.9 Å². The van der Waals surface area contributed by atoms with Gasteiger partial charge in [0.25, 0.3) is 5.91 Å². The topological polar surface area (TPSA) is 89.4 Å². The molecule has 1 atom stereocenters. The summed E-state index contributed by atoms with van der Waals surface area (Å²) < 4.78 is 1.77. The summed E-state index contributed by atoms with van der Waals surface area (Å²) >= 11 is 1.72. The molecule has 1 saturated heterocycles. The summed E-state index contributed by atoms with van der Waals surface area (Å²) in [5.74, 6) is -0.140. The number of carbonyl (C=O) groups is 1. The van der Waals surface area contributed by atoms with E-state index >= 15 is 0 Å². The molecule has 0 aliphatic carbocycles. The molecule has 1 aliphatic heterocycles. The Labute approximate surface area is 149 Å². The van der Waals surface area contributed by atoms with E-state index in [1.165, 1.54) is 11.1 Å². The lowest BCUT2D eigenvalue weighted by molar-refractivity contribution is 0.100. The van der Waals surface area contributed by atoms with Gasteiger partial charge in [-0.05, 0) is 32.4 Å². The first-order valence-corrected chi connectivity index (χ1v) is 9.25. The van der Waals surface area contributed by atoms with E-state index in [2.05, 4.69) is 26.9 Å². The number of primary amides is 1. The van der Waals surface area contributed by atoms with Crippen molar-refractivity contribution in [1.82, 2.24) is 24.5 Å². The van der Waals surface area contributed by atoms with E-state index in [0.29, 0.717) is 17.1 Å². The fourth-order valence-corrected chi connectivity index (χ4v) is 4.33. The zero-order valence-corrected chi connectivity index (χ0v) is 14.9. The average molecular weight is 356 g/mol. The van der Waals surface area contributed by atoms with Crippen LogP contribution < -0.4 is 5.73 Å². The fourth-order valence-electron chi connectivity index (χ4n) is 3.51. The number of carbonyl (C=O) groups excluding carboxylic acids is 1. The molecule has 4 rings (SSSR count). The molecule has 0 saturated carbocycles. The average Bonchev–Trinajstić information content (AvgIpc) is 3.21. The highest BCUT2D eigenvalue weighted by Gasteiger charge is 2.25. The van der Waals surface area contributed by atoms with E-state index in [1.807, 2.05) is 11.6 Å². The van der Waals surface area contributed by atoms with Gasteiger partial charge in [0.05, 0.1) is 23.1 Å². The van der Waals surface area contributed by atoms with Gasteiger partial charge in [0.15, 0.2) is 5.65 Å². The van der Waals surface area contributed by atoms with Crippen molar-refractivity contribution >= 4 is 22.9 Å². The minimum Gasteiger partial charge on any atom is -0.365 e. The van der Waals surface area contributed by atoms with Crippen molar-refractivity contribution in [2.45, 2.75) is 32.2 Å². The summed E-state index contributed by atoms with van der Waals surface area (Å²) in [6, 6.07) is 2.00. The second kappa shape index (κ2) is 6.53. The molecule has 3 aromatic heterocycles. The third-order valence-electron chi connectivity index (χ3n) is 4.83. The maximum atomic E-state index is 11.5. The van der Waals surface area contributed by atoms with Crippen LogP contribution in [0.4, 0.5) is 0 Å². The second-order valence-electron chi connectivity index (χ2n) is 6.46. The van der Waals surface area contributed by atoms with Gasteiger partial charge < -0.3 is 5.73 Å². The zero-order chi connectivity index (χ0) is 17.4. The molecule has 7 nitrogen and oxygen atoms in total. The quantitative estimate of drug-likeness (QED) is 0.772. The molecule has 1 aliphatic rings. The Morgan fingerprint density at radius 2 is 2.32 bits per heavy atom. The van der Waals surface area contributed by atoms with Crippen LogP contribution in [0.1, 0.15) is 45.4 Å². The highest BCUT2D eigenvalue weighted by atomic mass is 32.1. The minimum atomic E-state index is -0.495. The van der Waals surface area contributed by atoms with Gasteiger partial charge in [0.1, 0.15) is 5.56 Å². The van der Waals surface area contributed by atoms with Crippen LogP contribution in [0.2, 0.25) is 0 Å². The summed E-state index contributed by atoms with van der Waals surface area (Å²) in [5.41, 5.74) is 10.5. The third kappa shape index (κ3) is 3.03. The van der Waals surface area contributed by atoms with Crippen LogP contribution in [-0.2, 0) is 6.54 Å². The molecule has 0 bridgehead atoms. The number of fused-ring (bicyclic) bond motifs is 1. The van der Waals surface area contributed by atoms with Gasteiger partial charge >= 0.3 is 0 Å². The Morgan fingerprint density at radius 3 is 3.08 bits per heavy atom. The van der Waals surface area contributed by atoms with Crippen LogP contribution >= 0.6 is 11.3 Å².